The topological polar surface area (TPSA) is 90.3 Å². The first-order chi connectivity index (χ1) is 12.4. The Bertz CT molecular complexity index is 1040. The summed E-state index contributed by atoms with van der Waals surface area (Å²) in [6.45, 7) is 3.17. The van der Waals surface area contributed by atoms with Crippen molar-refractivity contribution >= 4 is 39.1 Å². The summed E-state index contributed by atoms with van der Waals surface area (Å²) in [6.07, 6.45) is 0.425. The SMILES string of the molecule is Cc1c(C(=O)OC(C)C(=O)Nc2ccccc2)sc2ncn(C)c(=O)c12. The van der Waals surface area contributed by atoms with Crippen LogP contribution < -0.4 is 10.9 Å². The number of ether oxygens (including phenoxy) is 1. The lowest BCUT2D eigenvalue weighted by Crippen LogP contribution is -2.29. The van der Waals surface area contributed by atoms with Crippen molar-refractivity contribution in [2.45, 2.75) is 20.0 Å². The summed E-state index contributed by atoms with van der Waals surface area (Å²) in [5.41, 5.74) is 0.906. The van der Waals surface area contributed by atoms with Crippen LogP contribution in [0.1, 0.15) is 22.2 Å². The van der Waals surface area contributed by atoms with Crippen LogP contribution in [0.5, 0.6) is 0 Å². The number of nitrogens with zero attached hydrogens (tertiary/aromatic N) is 2. The maximum absolute atomic E-state index is 12.5. The first-order valence-corrected chi connectivity index (χ1v) is 8.71. The Labute approximate surface area is 153 Å². The number of aryl methyl sites for hydroxylation is 2. The van der Waals surface area contributed by atoms with Gasteiger partial charge >= 0.3 is 5.97 Å². The maximum Gasteiger partial charge on any atom is 0.349 e. The van der Waals surface area contributed by atoms with Gasteiger partial charge in [0.05, 0.1) is 11.7 Å². The van der Waals surface area contributed by atoms with Gasteiger partial charge in [-0.15, -0.1) is 11.3 Å². The molecule has 0 aliphatic carbocycles. The molecule has 0 saturated carbocycles. The molecule has 8 heteroatoms. The minimum Gasteiger partial charge on any atom is -0.448 e. The third-order valence-corrected chi connectivity index (χ3v) is 5.07. The maximum atomic E-state index is 12.5. The first-order valence-electron chi connectivity index (χ1n) is 7.90. The number of anilines is 1. The average Bonchev–Trinajstić information content (AvgIpc) is 2.96. The smallest absolute Gasteiger partial charge is 0.349 e. The molecule has 0 saturated heterocycles. The monoisotopic (exact) mass is 371 g/mol. The van der Waals surface area contributed by atoms with Crippen molar-refractivity contribution in [1.82, 2.24) is 9.55 Å². The van der Waals surface area contributed by atoms with Crippen LogP contribution in [0.3, 0.4) is 0 Å². The Hall–Kier alpha value is -3.00. The summed E-state index contributed by atoms with van der Waals surface area (Å²) in [6, 6.07) is 8.90. The second-order valence-corrected chi connectivity index (χ2v) is 6.80. The fourth-order valence-corrected chi connectivity index (χ4v) is 3.46. The van der Waals surface area contributed by atoms with Crippen molar-refractivity contribution in [3.05, 3.63) is 57.5 Å². The van der Waals surface area contributed by atoms with Crippen molar-refractivity contribution in [2.24, 2.45) is 7.05 Å². The van der Waals surface area contributed by atoms with E-state index in [0.29, 0.717) is 21.5 Å². The first kappa shape index (κ1) is 17.8. The molecule has 26 heavy (non-hydrogen) atoms. The average molecular weight is 371 g/mol. The largest absolute Gasteiger partial charge is 0.448 e. The van der Waals surface area contributed by atoms with E-state index in [1.807, 2.05) is 6.07 Å². The van der Waals surface area contributed by atoms with E-state index in [4.69, 9.17) is 4.74 Å². The molecule has 2 heterocycles. The van der Waals surface area contributed by atoms with Crippen LogP contribution in [-0.4, -0.2) is 27.5 Å². The molecule has 0 radical (unpaired) electrons. The Morgan fingerprint density at radius 2 is 1.96 bits per heavy atom. The van der Waals surface area contributed by atoms with Crippen LogP contribution in [-0.2, 0) is 16.6 Å². The fourth-order valence-electron chi connectivity index (χ4n) is 2.44. The molecule has 1 unspecified atom stereocenters. The number of hydrogen-bond donors (Lipinski definition) is 1. The number of rotatable bonds is 4. The summed E-state index contributed by atoms with van der Waals surface area (Å²) < 4.78 is 6.63. The molecule has 1 N–H and O–H groups in total. The molecular weight excluding hydrogens is 354 g/mol. The predicted octanol–water partition coefficient (Wildman–Crippen LogP) is 2.49. The van der Waals surface area contributed by atoms with Gasteiger partial charge in [0.2, 0.25) is 0 Å². The van der Waals surface area contributed by atoms with Gasteiger partial charge in [0.15, 0.2) is 6.10 Å². The summed E-state index contributed by atoms with van der Waals surface area (Å²) >= 11 is 1.08. The number of carbonyl (C=O) groups is 2. The highest BCUT2D eigenvalue weighted by Crippen LogP contribution is 2.27. The molecule has 0 fully saturated rings. The third-order valence-electron chi connectivity index (χ3n) is 3.89. The molecule has 0 aliphatic rings. The molecular formula is C18H17N3O4S. The Kier molecular flexibility index (Phi) is 4.85. The predicted molar refractivity (Wildman–Crippen MR) is 99.5 cm³/mol. The number of aromatic nitrogens is 2. The van der Waals surface area contributed by atoms with Crippen LogP contribution in [0.15, 0.2) is 41.5 Å². The molecule has 1 amide bonds. The minimum absolute atomic E-state index is 0.224. The summed E-state index contributed by atoms with van der Waals surface area (Å²) in [4.78, 5) is 41.8. The lowest BCUT2D eigenvalue weighted by Gasteiger charge is -2.13. The van der Waals surface area contributed by atoms with Gasteiger partial charge < -0.3 is 14.6 Å². The van der Waals surface area contributed by atoms with Crippen LogP contribution in [0, 0.1) is 6.92 Å². The van der Waals surface area contributed by atoms with Crippen LogP contribution in [0.4, 0.5) is 5.69 Å². The van der Waals surface area contributed by atoms with Gasteiger partial charge in [0.25, 0.3) is 11.5 Å². The molecule has 1 atom stereocenters. The number of carbonyl (C=O) groups excluding carboxylic acids is 2. The zero-order valence-electron chi connectivity index (χ0n) is 14.5. The van der Waals surface area contributed by atoms with E-state index < -0.39 is 18.0 Å². The summed E-state index contributed by atoms with van der Waals surface area (Å²) in [5, 5.41) is 3.07. The minimum atomic E-state index is -0.983. The molecule has 0 bridgehead atoms. The van der Waals surface area contributed by atoms with Gasteiger partial charge in [-0.3, -0.25) is 9.59 Å². The number of fused-ring (bicyclic) bond motifs is 1. The molecule has 0 spiro atoms. The number of amides is 1. The zero-order chi connectivity index (χ0) is 18.8. The second kappa shape index (κ2) is 7.09. The number of esters is 1. The van der Waals surface area contributed by atoms with Crippen molar-refractivity contribution in [2.75, 3.05) is 5.32 Å². The van der Waals surface area contributed by atoms with Gasteiger partial charge in [0.1, 0.15) is 9.71 Å². The van der Waals surface area contributed by atoms with E-state index in [1.54, 1.807) is 38.2 Å². The van der Waals surface area contributed by atoms with E-state index in [0.717, 1.165) is 11.3 Å². The van der Waals surface area contributed by atoms with Crippen LogP contribution >= 0.6 is 11.3 Å². The van der Waals surface area contributed by atoms with E-state index in [-0.39, 0.29) is 10.4 Å². The molecule has 0 aliphatic heterocycles. The standard InChI is InChI=1S/C18H17N3O4S/c1-10-13-16(19-9-21(3)17(13)23)26-14(10)18(24)25-11(2)15(22)20-12-7-5-4-6-8-12/h4-9,11H,1-3H3,(H,20,22). The van der Waals surface area contributed by atoms with E-state index in [2.05, 4.69) is 10.3 Å². The normalized spacial score (nSPS) is 12.0. The molecule has 134 valence electrons. The Morgan fingerprint density at radius 1 is 1.27 bits per heavy atom. The van der Waals surface area contributed by atoms with E-state index in [9.17, 15) is 14.4 Å². The number of benzene rings is 1. The molecule has 1 aromatic carbocycles. The lowest BCUT2D eigenvalue weighted by molar-refractivity contribution is -0.123. The second-order valence-electron chi connectivity index (χ2n) is 5.80. The number of nitrogens with one attached hydrogen (secondary N) is 1. The van der Waals surface area contributed by atoms with Gasteiger partial charge in [-0.1, -0.05) is 18.2 Å². The highest BCUT2D eigenvalue weighted by molar-refractivity contribution is 7.20. The quantitative estimate of drug-likeness (QED) is 0.712. The van der Waals surface area contributed by atoms with Crippen molar-refractivity contribution in [3.8, 4) is 0 Å². The van der Waals surface area contributed by atoms with Crippen LogP contribution in [0.2, 0.25) is 0 Å². The molecule has 3 aromatic rings. The highest BCUT2D eigenvalue weighted by atomic mass is 32.1. The Balaban J connectivity index is 1.78. The van der Waals surface area contributed by atoms with E-state index >= 15 is 0 Å². The van der Waals surface area contributed by atoms with Gasteiger partial charge in [-0.05, 0) is 31.5 Å². The molecule has 3 rings (SSSR count). The van der Waals surface area contributed by atoms with Crippen LogP contribution in [0.25, 0.3) is 10.2 Å². The molecule has 7 nitrogen and oxygen atoms in total. The highest BCUT2D eigenvalue weighted by Gasteiger charge is 2.24. The van der Waals surface area contributed by atoms with Gasteiger partial charge in [0, 0.05) is 12.7 Å². The number of hydrogen-bond acceptors (Lipinski definition) is 6. The van der Waals surface area contributed by atoms with Gasteiger partial charge in [-0.2, -0.15) is 0 Å². The van der Waals surface area contributed by atoms with Crippen molar-refractivity contribution in [1.29, 1.82) is 0 Å². The summed E-state index contributed by atoms with van der Waals surface area (Å²) in [5.74, 6) is -1.08. The zero-order valence-corrected chi connectivity index (χ0v) is 15.3. The van der Waals surface area contributed by atoms with E-state index in [1.165, 1.54) is 17.8 Å². The summed E-state index contributed by atoms with van der Waals surface area (Å²) in [7, 11) is 1.60. The number of thiophene rings is 1. The lowest BCUT2D eigenvalue weighted by atomic mass is 10.2. The third kappa shape index (κ3) is 3.36. The van der Waals surface area contributed by atoms with Crippen molar-refractivity contribution < 1.29 is 14.3 Å². The molecule has 2 aromatic heterocycles. The number of para-hydroxylation sites is 1. The fraction of sp³-hybridized carbons (Fsp3) is 0.222. The van der Waals surface area contributed by atoms with Crippen molar-refractivity contribution in [3.63, 3.8) is 0 Å². The Morgan fingerprint density at radius 3 is 2.65 bits per heavy atom. The van der Waals surface area contributed by atoms with Gasteiger partial charge in [-0.25, -0.2) is 9.78 Å².